The zero-order valence-corrected chi connectivity index (χ0v) is 11.2. The number of ether oxygens (including phenoxy) is 1. The van der Waals surface area contributed by atoms with Crippen molar-refractivity contribution in [1.29, 1.82) is 0 Å². The maximum atomic E-state index is 6.02. The molecule has 0 aromatic rings. The van der Waals surface area contributed by atoms with E-state index in [1.807, 2.05) is 0 Å². The molecule has 1 saturated carbocycles. The standard InChI is InChI=1S/C8H17N.C5H11NO/c1-7-5-3-4-6-8(7,2)9;1-6-2-4-7-5-3-6/h7H,3-6,9H2,1-2H3;2-5H2,1H3. The first-order valence-electron chi connectivity index (χ1n) is 6.57. The van der Waals surface area contributed by atoms with Crippen molar-refractivity contribution in [3.05, 3.63) is 0 Å². The van der Waals surface area contributed by atoms with Gasteiger partial charge >= 0.3 is 0 Å². The van der Waals surface area contributed by atoms with Gasteiger partial charge in [-0.2, -0.15) is 0 Å². The number of rotatable bonds is 0. The molecule has 96 valence electrons. The third-order valence-corrected chi connectivity index (χ3v) is 3.96. The fourth-order valence-electron chi connectivity index (χ4n) is 2.19. The highest BCUT2D eigenvalue weighted by Crippen LogP contribution is 2.30. The summed E-state index contributed by atoms with van der Waals surface area (Å²) < 4.78 is 5.10. The second-order valence-corrected chi connectivity index (χ2v) is 5.57. The third-order valence-electron chi connectivity index (χ3n) is 3.96. The van der Waals surface area contributed by atoms with Gasteiger partial charge in [0.05, 0.1) is 13.2 Å². The van der Waals surface area contributed by atoms with Gasteiger partial charge in [-0.15, -0.1) is 0 Å². The molecule has 0 bridgehead atoms. The molecule has 3 nitrogen and oxygen atoms in total. The van der Waals surface area contributed by atoms with E-state index in [1.54, 1.807) is 0 Å². The van der Waals surface area contributed by atoms with Crippen LogP contribution in [0.15, 0.2) is 0 Å². The summed E-state index contributed by atoms with van der Waals surface area (Å²) in [5, 5.41) is 0. The zero-order valence-electron chi connectivity index (χ0n) is 11.2. The molecule has 2 aliphatic rings. The van der Waals surface area contributed by atoms with Crippen molar-refractivity contribution in [2.75, 3.05) is 33.4 Å². The molecular weight excluding hydrogens is 200 g/mol. The second-order valence-electron chi connectivity index (χ2n) is 5.57. The first kappa shape index (κ1) is 13.9. The number of hydrogen-bond acceptors (Lipinski definition) is 3. The Morgan fingerprint density at radius 1 is 1.25 bits per heavy atom. The van der Waals surface area contributed by atoms with Gasteiger partial charge in [-0.1, -0.05) is 19.8 Å². The molecular formula is C13H28N2O. The minimum absolute atomic E-state index is 0.137. The van der Waals surface area contributed by atoms with Gasteiger partial charge in [0.15, 0.2) is 0 Å². The summed E-state index contributed by atoms with van der Waals surface area (Å²) in [6.07, 6.45) is 5.26. The van der Waals surface area contributed by atoms with E-state index in [4.69, 9.17) is 10.5 Å². The molecule has 2 atom stereocenters. The summed E-state index contributed by atoms with van der Waals surface area (Å²) in [5.41, 5.74) is 6.16. The molecule has 0 aromatic heterocycles. The van der Waals surface area contributed by atoms with Gasteiger partial charge < -0.3 is 15.4 Å². The summed E-state index contributed by atoms with van der Waals surface area (Å²) in [5.74, 6) is 0.728. The van der Waals surface area contributed by atoms with Crippen LogP contribution in [0.1, 0.15) is 39.5 Å². The van der Waals surface area contributed by atoms with Crippen LogP contribution >= 0.6 is 0 Å². The van der Waals surface area contributed by atoms with Crippen LogP contribution in [-0.2, 0) is 4.74 Å². The first-order valence-corrected chi connectivity index (χ1v) is 6.57. The van der Waals surface area contributed by atoms with Crippen LogP contribution in [-0.4, -0.2) is 43.8 Å². The number of nitrogens with zero attached hydrogens (tertiary/aromatic N) is 1. The molecule has 2 fully saturated rings. The topological polar surface area (TPSA) is 38.5 Å². The second kappa shape index (κ2) is 6.58. The van der Waals surface area contributed by atoms with Crippen LogP contribution < -0.4 is 5.73 Å². The van der Waals surface area contributed by atoms with E-state index in [-0.39, 0.29) is 5.54 Å². The van der Waals surface area contributed by atoms with Crippen molar-refractivity contribution in [3.63, 3.8) is 0 Å². The number of morpholine rings is 1. The van der Waals surface area contributed by atoms with E-state index < -0.39 is 0 Å². The molecule has 0 spiro atoms. The normalized spacial score (nSPS) is 36.4. The minimum Gasteiger partial charge on any atom is -0.379 e. The van der Waals surface area contributed by atoms with Crippen LogP contribution in [0, 0.1) is 5.92 Å². The molecule has 1 aliphatic heterocycles. The van der Waals surface area contributed by atoms with Gasteiger partial charge in [-0.3, -0.25) is 0 Å². The van der Waals surface area contributed by atoms with E-state index in [0.717, 1.165) is 32.2 Å². The Balaban J connectivity index is 0.000000165. The van der Waals surface area contributed by atoms with Crippen LogP contribution in [0.3, 0.4) is 0 Å². The van der Waals surface area contributed by atoms with E-state index in [9.17, 15) is 0 Å². The predicted molar refractivity (Wildman–Crippen MR) is 68.5 cm³/mol. The van der Waals surface area contributed by atoms with Crippen molar-refractivity contribution < 1.29 is 4.74 Å². The van der Waals surface area contributed by atoms with E-state index in [1.165, 1.54) is 25.7 Å². The lowest BCUT2D eigenvalue weighted by molar-refractivity contribution is 0.0503. The SMILES string of the molecule is CC1CCCCC1(C)N.CN1CCOCC1. The monoisotopic (exact) mass is 228 g/mol. The summed E-state index contributed by atoms with van der Waals surface area (Å²) in [7, 11) is 2.11. The lowest BCUT2D eigenvalue weighted by atomic mass is 9.76. The fraction of sp³-hybridized carbons (Fsp3) is 1.00. The minimum atomic E-state index is 0.137. The molecule has 0 aromatic carbocycles. The van der Waals surface area contributed by atoms with Crippen molar-refractivity contribution in [2.45, 2.75) is 45.1 Å². The largest absolute Gasteiger partial charge is 0.379 e. The zero-order chi connectivity index (χ0) is 12.0. The number of nitrogens with two attached hydrogens (primary N) is 1. The Kier molecular flexibility index (Phi) is 5.73. The Morgan fingerprint density at radius 2 is 1.88 bits per heavy atom. The van der Waals surface area contributed by atoms with Crippen molar-refractivity contribution in [2.24, 2.45) is 11.7 Å². The lowest BCUT2D eigenvalue weighted by Gasteiger charge is -2.35. The lowest BCUT2D eigenvalue weighted by Crippen LogP contribution is -2.44. The van der Waals surface area contributed by atoms with Crippen molar-refractivity contribution in [3.8, 4) is 0 Å². The van der Waals surface area contributed by atoms with Crippen LogP contribution in [0.2, 0.25) is 0 Å². The maximum absolute atomic E-state index is 6.02. The van der Waals surface area contributed by atoms with Crippen LogP contribution in [0.4, 0.5) is 0 Å². The molecule has 1 saturated heterocycles. The molecule has 0 radical (unpaired) electrons. The summed E-state index contributed by atoms with van der Waals surface area (Å²) in [6.45, 7) is 8.46. The van der Waals surface area contributed by atoms with Crippen molar-refractivity contribution in [1.82, 2.24) is 4.90 Å². The van der Waals surface area contributed by atoms with E-state index >= 15 is 0 Å². The highest BCUT2D eigenvalue weighted by molar-refractivity contribution is 4.87. The Hall–Kier alpha value is -0.120. The summed E-state index contributed by atoms with van der Waals surface area (Å²) >= 11 is 0. The molecule has 3 heteroatoms. The van der Waals surface area contributed by atoms with E-state index in [0.29, 0.717) is 0 Å². The first-order chi connectivity index (χ1) is 7.52. The maximum Gasteiger partial charge on any atom is 0.0594 e. The highest BCUT2D eigenvalue weighted by atomic mass is 16.5. The molecule has 2 rings (SSSR count). The molecule has 1 heterocycles. The average molecular weight is 228 g/mol. The average Bonchev–Trinajstić information content (AvgIpc) is 2.24. The van der Waals surface area contributed by atoms with Gasteiger partial charge in [0, 0.05) is 18.6 Å². The van der Waals surface area contributed by atoms with Gasteiger partial charge in [0.1, 0.15) is 0 Å². The van der Waals surface area contributed by atoms with Gasteiger partial charge in [0.2, 0.25) is 0 Å². The van der Waals surface area contributed by atoms with Crippen LogP contribution in [0.25, 0.3) is 0 Å². The van der Waals surface area contributed by atoms with Gasteiger partial charge in [-0.05, 0) is 32.7 Å². The Labute approximate surface area is 100 Å². The molecule has 2 N–H and O–H groups in total. The fourth-order valence-corrected chi connectivity index (χ4v) is 2.19. The summed E-state index contributed by atoms with van der Waals surface area (Å²) in [6, 6.07) is 0. The summed E-state index contributed by atoms with van der Waals surface area (Å²) in [4.78, 5) is 2.27. The molecule has 0 amide bonds. The quantitative estimate of drug-likeness (QED) is 0.688. The number of likely N-dealkylation sites (N-methyl/N-ethyl adjacent to an activating group) is 1. The third kappa shape index (κ3) is 4.81. The predicted octanol–water partition coefficient (Wildman–Crippen LogP) is 1.86. The highest BCUT2D eigenvalue weighted by Gasteiger charge is 2.28. The van der Waals surface area contributed by atoms with Gasteiger partial charge in [-0.25, -0.2) is 0 Å². The molecule has 16 heavy (non-hydrogen) atoms. The molecule has 1 aliphatic carbocycles. The number of hydrogen-bond donors (Lipinski definition) is 1. The van der Waals surface area contributed by atoms with E-state index in [2.05, 4.69) is 25.8 Å². The van der Waals surface area contributed by atoms with Gasteiger partial charge in [0.25, 0.3) is 0 Å². The molecule has 2 unspecified atom stereocenters. The smallest absolute Gasteiger partial charge is 0.0594 e. The Morgan fingerprint density at radius 3 is 2.19 bits per heavy atom. The van der Waals surface area contributed by atoms with Crippen molar-refractivity contribution >= 4 is 0 Å². The van der Waals surface area contributed by atoms with Crippen LogP contribution in [0.5, 0.6) is 0 Å². The Bertz CT molecular complexity index is 188.